The number of nitrogens with zero attached hydrogens (tertiary/aromatic N) is 3. The second-order valence-electron chi connectivity index (χ2n) is 7.70. The van der Waals surface area contributed by atoms with E-state index in [1.807, 2.05) is 35.3 Å². The molecule has 0 amide bonds. The first-order valence-corrected chi connectivity index (χ1v) is 18.3. The van der Waals surface area contributed by atoms with Crippen LogP contribution in [0.3, 0.4) is 0 Å². The number of alkyl halides is 3. The van der Waals surface area contributed by atoms with E-state index in [9.17, 15) is 0 Å². The van der Waals surface area contributed by atoms with Crippen LogP contribution in [0.1, 0.15) is 18.1 Å². The SMILES string of the molecule is ICC1CSc2cccc[n+]21.ICC1CSc2cccc[n+]21.ICC1CSc2cccc[n+]21.[I-].[I-].[I-]. The lowest BCUT2D eigenvalue weighted by atomic mass is 10.3. The summed E-state index contributed by atoms with van der Waals surface area (Å²) in [5.74, 6) is 3.73. The first-order chi connectivity index (χ1) is 16.2. The lowest BCUT2D eigenvalue weighted by molar-refractivity contribution is -0.742. The van der Waals surface area contributed by atoms with Gasteiger partial charge in [0.15, 0.2) is 36.7 Å². The number of hydrogen-bond donors (Lipinski definition) is 0. The summed E-state index contributed by atoms with van der Waals surface area (Å²) in [5.41, 5.74) is 0. The number of thioether (sulfide) groups is 3. The molecule has 0 aromatic carbocycles. The maximum absolute atomic E-state index is 2.45. The summed E-state index contributed by atoms with van der Waals surface area (Å²) in [5, 5.41) is 4.23. The Morgan fingerprint density at radius 1 is 0.528 bits per heavy atom. The number of pyridine rings is 3. The minimum absolute atomic E-state index is 0. The van der Waals surface area contributed by atoms with E-state index in [-0.39, 0.29) is 71.9 Å². The number of fused-ring (bicyclic) bond motifs is 3. The smallest absolute Gasteiger partial charge is 0.240 e. The minimum atomic E-state index is 0. The molecule has 6 rings (SSSR count). The van der Waals surface area contributed by atoms with Gasteiger partial charge in [-0.3, -0.25) is 0 Å². The third-order valence-corrected chi connectivity index (χ3v) is 12.2. The Kier molecular flexibility index (Phi) is 20.4. The average molecular weight is 1220 g/mol. The monoisotopic (exact) mass is 1210 g/mol. The van der Waals surface area contributed by atoms with Crippen molar-refractivity contribution in [3.63, 3.8) is 0 Å². The van der Waals surface area contributed by atoms with Crippen LogP contribution in [-0.4, -0.2) is 30.5 Å². The van der Waals surface area contributed by atoms with Crippen molar-refractivity contribution < 1.29 is 85.6 Å². The largest absolute Gasteiger partial charge is 1.00 e. The van der Waals surface area contributed by atoms with Gasteiger partial charge in [0.25, 0.3) is 0 Å². The van der Waals surface area contributed by atoms with Crippen LogP contribution in [0.15, 0.2) is 88.3 Å². The molecule has 0 N–H and O–H groups in total. The van der Waals surface area contributed by atoms with Gasteiger partial charge in [-0.2, -0.15) is 13.7 Å². The highest BCUT2D eigenvalue weighted by Gasteiger charge is 2.30. The fourth-order valence-corrected chi connectivity index (χ4v) is 10.7. The molecule has 12 heteroatoms. The van der Waals surface area contributed by atoms with Crippen molar-refractivity contribution in [3.8, 4) is 0 Å². The quantitative estimate of drug-likeness (QED) is 0.160. The highest BCUT2D eigenvalue weighted by molar-refractivity contribution is 14.1. The van der Waals surface area contributed by atoms with Crippen LogP contribution in [0.4, 0.5) is 0 Å². The summed E-state index contributed by atoms with van der Waals surface area (Å²) in [6, 6.07) is 21.4. The molecule has 0 saturated heterocycles. The second-order valence-corrected chi connectivity index (χ2v) is 13.5. The molecule has 3 aromatic rings. The molecule has 0 radical (unpaired) electrons. The van der Waals surface area contributed by atoms with Gasteiger partial charge in [0.2, 0.25) is 15.1 Å². The molecule has 3 aliphatic rings. The van der Waals surface area contributed by atoms with Crippen LogP contribution in [0.2, 0.25) is 0 Å². The molecule has 36 heavy (non-hydrogen) atoms. The molecular formula is C24H27I6N3S3. The van der Waals surface area contributed by atoms with Gasteiger partial charge >= 0.3 is 0 Å². The van der Waals surface area contributed by atoms with Crippen LogP contribution in [-0.2, 0) is 0 Å². The maximum atomic E-state index is 2.45. The topological polar surface area (TPSA) is 11.6 Å². The molecule has 0 fully saturated rings. The molecule has 0 bridgehead atoms. The summed E-state index contributed by atoms with van der Waals surface area (Å²) in [7, 11) is 0. The van der Waals surface area contributed by atoms with Crippen molar-refractivity contribution in [2.24, 2.45) is 0 Å². The van der Waals surface area contributed by atoms with Gasteiger partial charge in [0.05, 0.1) is 30.5 Å². The maximum Gasteiger partial charge on any atom is 0.240 e. The molecule has 0 spiro atoms. The first-order valence-electron chi connectivity index (χ1n) is 10.8. The third-order valence-electron chi connectivity index (χ3n) is 5.54. The van der Waals surface area contributed by atoms with E-state index >= 15 is 0 Å². The van der Waals surface area contributed by atoms with E-state index < -0.39 is 0 Å². The Morgan fingerprint density at radius 3 is 1.06 bits per heavy atom. The van der Waals surface area contributed by atoms with Crippen LogP contribution < -0.4 is 85.6 Å². The van der Waals surface area contributed by atoms with E-state index in [1.165, 1.54) is 45.6 Å². The molecular weight excluding hydrogens is 1190 g/mol. The van der Waals surface area contributed by atoms with Gasteiger partial charge in [0.1, 0.15) is 0 Å². The van der Waals surface area contributed by atoms with Gasteiger partial charge in [-0.25, -0.2) is 0 Å². The summed E-state index contributed by atoms with van der Waals surface area (Å²) >= 11 is 13.2. The molecule has 3 aliphatic heterocycles. The number of halogens is 6. The summed E-state index contributed by atoms with van der Waals surface area (Å²) in [4.78, 5) is 0. The second kappa shape index (κ2) is 19.9. The van der Waals surface area contributed by atoms with Crippen molar-refractivity contribution in [1.82, 2.24) is 0 Å². The fraction of sp³-hybridized carbons (Fsp3) is 0.375. The number of aromatic nitrogens is 3. The molecule has 198 valence electrons. The Hall–Kier alpha value is 2.88. The fourth-order valence-electron chi connectivity index (χ4n) is 3.73. The van der Waals surface area contributed by atoms with Crippen LogP contribution in [0.25, 0.3) is 0 Å². The minimum Gasteiger partial charge on any atom is -1.00 e. The Balaban J connectivity index is 0.000000259. The van der Waals surface area contributed by atoms with E-state index in [0.717, 1.165) is 18.1 Å². The Labute approximate surface area is 320 Å². The molecule has 3 nitrogen and oxygen atoms in total. The average Bonchev–Trinajstić information content (AvgIpc) is 3.60. The van der Waals surface area contributed by atoms with Gasteiger partial charge in [-0.05, 0) is 18.2 Å². The van der Waals surface area contributed by atoms with Crippen LogP contribution in [0.5, 0.6) is 0 Å². The van der Waals surface area contributed by atoms with Crippen molar-refractivity contribution in [2.75, 3.05) is 30.5 Å². The zero-order valence-corrected chi connectivity index (χ0v) is 34.6. The predicted octanol–water partition coefficient (Wildman–Crippen LogP) is -2.82. The third kappa shape index (κ3) is 10.0. The molecule has 3 atom stereocenters. The van der Waals surface area contributed by atoms with Crippen molar-refractivity contribution >= 4 is 103 Å². The van der Waals surface area contributed by atoms with Crippen molar-refractivity contribution in [3.05, 3.63) is 73.2 Å². The molecule has 0 aliphatic carbocycles. The standard InChI is InChI=1S/3C8H9INS.3HI/c3*9-5-7-6-11-8-3-1-2-4-10(7)8;;;/h3*1-4,7H,5-6H2;3*1H/q3*+1;;;/p-3. The molecule has 3 unspecified atom stereocenters. The van der Waals surface area contributed by atoms with Gasteiger partial charge in [-0.15, -0.1) is 0 Å². The highest BCUT2D eigenvalue weighted by Crippen LogP contribution is 2.27. The van der Waals surface area contributed by atoms with Crippen molar-refractivity contribution in [1.29, 1.82) is 0 Å². The Morgan fingerprint density at radius 2 is 0.806 bits per heavy atom. The lowest BCUT2D eigenvalue weighted by Gasteiger charge is -1.98. The number of rotatable bonds is 3. The zero-order valence-electron chi connectivity index (χ0n) is 19.2. The lowest BCUT2D eigenvalue weighted by Crippen LogP contribution is -3.00. The Bertz CT molecular complexity index is 933. The summed E-state index contributed by atoms with van der Waals surface area (Å²) in [6.07, 6.45) is 6.54. The van der Waals surface area contributed by atoms with Gasteiger partial charge in [0, 0.05) is 36.4 Å². The summed E-state index contributed by atoms with van der Waals surface area (Å²) < 4.78 is 10.8. The highest BCUT2D eigenvalue weighted by atomic mass is 127. The molecule has 6 heterocycles. The van der Waals surface area contributed by atoms with E-state index in [0.29, 0.717) is 0 Å². The van der Waals surface area contributed by atoms with Gasteiger partial charge in [-0.1, -0.05) is 103 Å². The first kappa shape index (κ1) is 36.9. The van der Waals surface area contributed by atoms with Gasteiger partial charge < -0.3 is 71.9 Å². The van der Waals surface area contributed by atoms with Crippen molar-refractivity contribution in [2.45, 2.75) is 33.2 Å². The van der Waals surface area contributed by atoms with Crippen LogP contribution in [0, 0.1) is 0 Å². The number of hydrogen-bond acceptors (Lipinski definition) is 3. The van der Waals surface area contributed by atoms with E-state index in [4.69, 9.17) is 0 Å². The predicted molar refractivity (Wildman–Crippen MR) is 166 cm³/mol. The summed E-state index contributed by atoms with van der Waals surface area (Å²) in [6.45, 7) is 0. The van der Waals surface area contributed by atoms with Crippen LogP contribution >= 0.6 is 103 Å². The van der Waals surface area contributed by atoms with E-state index in [1.54, 1.807) is 0 Å². The molecule has 3 aromatic heterocycles. The molecule has 0 saturated carbocycles. The normalized spacial score (nSPS) is 19.9. The van der Waals surface area contributed by atoms with E-state index in [2.05, 4.69) is 155 Å². The zero-order chi connectivity index (χ0) is 23.0.